The van der Waals surface area contributed by atoms with Crippen molar-refractivity contribution < 1.29 is 19.0 Å². The molecule has 0 saturated heterocycles. The molecule has 1 amide bonds. The van der Waals surface area contributed by atoms with Crippen molar-refractivity contribution >= 4 is 23.7 Å². The van der Waals surface area contributed by atoms with Crippen LogP contribution in [0.25, 0.3) is 0 Å². The Bertz CT molecular complexity index is 751. The van der Waals surface area contributed by atoms with Gasteiger partial charge in [0.15, 0.2) is 0 Å². The van der Waals surface area contributed by atoms with Crippen LogP contribution in [0.1, 0.15) is 25.0 Å². The lowest BCUT2D eigenvalue weighted by Gasteiger charge is -2.13. The van der Waals surface area contributed by atoms with E-state index in [0.29, 0.717) is 21.9 Å². The van der Waals surface area contributed by atoms with E-state index in [1.165, 1.54) is 32.2 Å². The second-order valence-electron chi connectivity index (χ2n) is 5.82. The topological polar surface area (TPSA) is 70.9 Å². The van der Waals surface area contributed by atoms with Gasteiger partial charge in [-0.3, -0.25) is 4.79 Å². The van der Waals surface area contributed by atoms with Crippen molar-refractivity contribution in [1.82, 2.24) is 5.43 Å². The van der Waals surface area contributed by atoms with E-state index in [4.69, 9.17) is 16.3 Å². The lowest BCUT2D eigenvalue weighted by molar-refractivity contribution is -0.136. The number of nitrogens with one attached hydrogen (secondary N) is 1. The van der Waals surface area contributed by atoms with Crippen LogP contribution in [0.15, 0.2) is 47.6 Å². The molecule has 0 aromatic heterocycles. The Kier molecular flexibility index (Phi) is 6.12. The summed E-state index contributed by atoms with van der Waals surface area (Å²) in [5, 5.41) is 13.5. The fourth-order valence-corrected chi connectivity index (χ4v) is 2.00. The third-order valence-electron chi connectivity index (χ3n) is 3.26. The number of amides is 1. The first-order valence-electron chi connectivity index (χ1n) is 7.49. The highest BCUT2D eigenvalue weighted by atomic mass is 35.5. The van der Waals surface area contributed by atoms with Gasteiger partial charge in [-0.2, -0.15) is 5.10 Å². The van der Waals surface area contributed by atoms with Gasteiger partial charge >= 0.3 is 0 Å². The van der Waals surface area contributed by atoms with Gasteiger partial charge in [0.2, 0.25) is 0 Å². The number of nitrogens with zero attached hydrogens (tertiary/aromatic N) is 1. The summed E-state index contributed by atoms with van der Waals surface area (Å²) in [6, 6.07) is 11.3. The van der Waals surface area contributed by atoms with E-state index in [1.54, 1.807) is 30.3 Å². The van der Waals surface area contributed by atoms with E-state index in [-0.39, 0.29) is 6.61 Å². The molecule has 0 bridgehead atoms. The molecule has 0 radical (unpaired) electrons. The molecule has 0 fully saturated rings. The van der Waals surface area contributed by atoms with Crippen LogP contribution in [0.2, 0.25) is 5.02 Å². The van der Waals surface area contributed by atoms with Crippen LogP contribution in [0, 0.1) is 5.82 Å². The molecule has 7 heteroatoms. The summed E-state index contributed by atoms with van der Waals surface area (Å²) in [4.78, 5) is 11.4. The molecule has 0 atom stereocenters. The molecular weight excluding hydrogens is 347 g/mol. The predicted octanol–water partition coefficient (Wildman–Crippen LogP) is 3.28. The fraction of sp³-hybridized carbons (Fsp3) is 0.222. The van der Waals surface area contributed by atoms with E-state index in [9.17, 15) is 14.3 Å². The lowest BCUT2D eigenvalue weighted by atomic mass is 10.1. The Labute approximate surface area is 150 Å². The van der Waals surface area contributed by atoms with Crippen molar-refractivity contribution in [1.29, 1.82) is 0 Å². The van der Waals surface area contributed by atoms with Crippen LogP contribution in [0.5, 0.6) is 5.75 Å². The highest BCUT2D eigenvalue weighted by Gasteiger charge is 2.22. The van der Waals surface area contributed by atoms with Crippen LogP contribution < -0.4 is 10.2 Å². The molecule has 0 heterocycles. The van der Waals surface area contributed by atoms with E-state index in [1.807, 2.05) is 0 Å². The lowest BCUT2D eigenvalue weighted by Crippen LogP contribution is -2.39. The monoisotopic (exact) mass is 364 g/mol. The molecule has 0 aliphatic rings. The molecule has 5 nitrogen and oxygen atoms in total. The first-order chi connectivity index (χ1) is 11.8. The summed E-state index contributed by atoms with van der Waals surface area (Å²) >= 11 is 5.95. The van der Waals surface area contributed by atoms with Crippen molar-refractivity contribution in [2.45, 2.75) is 26.1 Å². The molecule has 25 heavy (non-hydrogen) atoms. The number of rotatable bonds is 6. The van der Waals surface area contributed by atoms with Crippen LogP contribution in [-0.4, -0.2) is 22.8 Å². The fourth-order valence-electron chi connectivity index (χ4n) is 1.78. The molecular formula is C18H18ClFN2O3. The van der Waals surface area contributed by atoms with E-state index in [2.05, 4.69) is 10.5 Å². The summed E-state index contributed by atoms with van der Waals surface area (Å²) in [6.45, 7) is 2.75. The molecule has 0 aliphatic heterocycles. The molecule has 0 aliphatic carbocycles. The minimum Gasteiger partial charge on any atom is -0.489 e. The Morgan fingerprint density at radius 3 is 2.60 bits per heavy atom. The number of benzene rings is 2. The van der Waals surface area contributed by atoms with Crippen molar-refractivity contribution in [2.75, 3.05) is 0 Å². The minimum absolute atomic E-state index is 0.0145. The number of hydrazone groups is 1. The largest absolute Gasteiger partial charge is 0.489 e. The van der Waals surface area contributed by atoms with Crippen molar-refractivity contribution in [3.63, 3.8) is 0 Å². The number of aliphatic hydroxyl groups is 1. The maximum absolute atomic E-state index is 13.7. The van der Waals surface area contributed by atoms with Gasteiger partial charge in [0.05, 0.1) is 11.2 Å². The number of halogens is 2. The summed E-state index contributed by atoms with van der Waals surface area (Å²) < 4.78 is 19.2. The maximum Gasteiger partial charge on any atom is 0.271 e. The Morgan fingerprint density at radius 2 is 2.00 bits per heavy atom. The van der Waals surface area contributed by atoms with Gasteiger partial charge in [-0.05, 0) is 55.8 Å². The first kappa shape index (κ1) is 18.9. The Morgan fingerprint density at radius 1 is 1.32 bits per heavy atom. The molecule has 2 aromatic rings. The molecule has 0 saturated carbocycles. The highest BCUT2D eigenvalue weighted by molar-refractivity contribution is 6.31. The predicted molar refractivity (Wildman–Crippen MR) is 94.2 cm³/mol. The quantitative estimate of drug-likeness (QED) is 0.610. The molecule has 2 N–H and O–H groups in total. The second-order valence-corrected chi connectivity index (χ2v) is 6.22. The third-order valence-corrected chi connectivity index (χ3v) is 3.61. The Balaban J connectivity index is 1.93. The molecule has 0 spiro atoms. The maximum atomic E-state index is 13.7. The number of carbonyl (C=O) groups is 1. The smallest absolute Gasteiger partial charge is 0.271 e. The summed E-state index contributed by atoms with van der Waals surface area (Å²) in [5.41, 5.74) is 1.75. The first-order valence-corrected chi connectivity index (χ1v) is 7.87. The van der Waals surface area contributed by atoms with E-state index < -0.39 is 17.3 Å². The SMILES string of the molecule is CC(C)(O)C(=O)N/N=C/c1ccc(OCc2c(F)cccc2Cl)cc1. The summed E-state index contributed by atoms with van der Waals surface area (Å²) in [5.74, 6) is -0.485. The third kappa shape index (κ3) is 5.55. The van der Waals surface area contributed by atoms with E-state index >= 15 is 0 Å². The molecule has 2 aromatic carbocycles. The average Bonchev–Trinajstić information content (AvgIpc) is 2.55. The molecule has 2 rings (SSSR count). The van der Waals surface area contributed by atoms with Gasteiger partial charge in [0.1, 0.15) is 23.8 Å². The van der Waals surface area contributed by atoms with Gasteiger partial charge in [-0.15, -0.1) is 0 Å². The van der Waals surface area contributed by atoms with Gasteiger partial charge in [-0.1, -0.05) is 17.7 Å². The number of carbonyl (C=O) groups excluding carboxylic acids is 1. The number of hydrogen-bond acceptors (Lipinski definition) is 4. The normalized spacial score (nSPS) is 11.6. The van der Waals surface area contributed by atoms with Gasteiger partial charge in [-0.25, -0.2) is 9.82 Å². The molecule has 132 valence electrons. The van der Waals surface area contributed by atoms with Gasteiger partial charge in [0, 0.05) is 5.56 Å². The standard InChI is InChI=1S/C18H18ClFN2O3/c1-18(2,24)17(23)22-21-10-12-6-8-13(9-7-12)25-11-14-15(19)4-3-5-16(14)20/h3-10,24H,11H2,1-2H3,(H,22,23)/b21-10+. The average molecular weight is 365 g/mol. The Hall–Kier alpha value is -2.44. The molecule has 0 unspecified atom stereocenters. The van der Waals surface area contributed by atoms with Gasteiger partial charge < -0.3 is 9.84 Å². The number of hydrogen-bond donors (Lipinski definition) is 2. The van der Waals surface area contributed by atoms with Crippen molar-refractivity contribution in [2.24, 2.45) is 5.10 Å². The van der Waals surface area contributed by atoms with Crippen LogP contribution in [0.3, 0.4) is 0 Å². The van der Waals surface area contributed by atoms with Crippen LogP contribution >= 0.6 is 11.6 Å². The summed E-state index contributed by atoms with van der Waals surface area (Å²) in [6.07, 6.45) is 1.43. The van der Waals surface area contributed by atoms with Gasteiger partial charge in [0.25, 0.3) is 5.91 Å². The van der Waals surface area contributed by atoms with E-state index in [0.717, 1.165) is 0 Å². The van der Waals surface area contributed by atoms with Crippen LogP contribution in [-0.2, 0) is 11.4 Å². The summed E-state index contributed by atoms with van der Waals surface area (Å²) in [7, 11) is 0. The highest BCUT2D eigenvalue weighted by Crippen LogP contribution is 2.21. The van der Waals surface area contributed by atoms with Crippen molar-refractivity contribution in [3.8, 4) is 5.75 Å². The number of ether oxygens (including phenoxy) is 1. The van der Waals surface area contributed by atoms with Crippen molar-refractivity contribution in [3.05, 3.63) is 64.4 Å². The zero-order valence-electron chi connectivity index (χ0n) is 13.8. The zero-order valence-corrected chi connectivity index (χ0v) is 14.5. The zero-order chi connectivity index (χ0) is 18.4. The minimum atomic E-state index is -1.50. The second kappa shape index (κ2) is 8.09. The van der Waals surface area contributed by atoms with Crippen LogP contribution in [0.4, 0.5) is 4.39 Å².